The first-order chi connectivity index (χ1) is 7.22. The van der Waals surface area contributed by atoms with Crippen molar-refractivity contribution in [3.63, 3.8) is 0 Å². The predicted octanol–water partition coefficient (Wildman–Crippen LogP) is -0.807. The average Bonchev–Trinajstić information content (AvgIpc) is 2.27. The summed E-state index contributed by atoms with van der Waals surface area (Å²) in [4.78, 5) is 25.7. The van der Waals surface area contributed by atoms with Crippen LogP contribution < -0.4 is 21.9 Å². The lowest BCUT2D eigenvalue weighted by Crippen LogP contribution is -2.41. The van der Waals surface area contributed by atoms with E-state index in [0.29, 0.717) is 5.82 Å². The Kier molecular flexibility index (Phi) is 4.05. The molecule has 0 atom stereocenters. The molecule has 0 aliphatic rings. The second kappa shape index (κ2) is 5.55. The van der Waals surface area contributed by atoms with Gasteiger partial charge >= 0.3 is 6.03 Å². The van der Waals surface area contributed by atoms with Crippen LogP contribution in [0.5, 0.6) is 0 Å². The van der Waals surface area contributed by atoms with Crippen LogP contribution in [0.2, 0.25) is 0 Å². The van der Waals surface area contributed by atoms with Crippen LogP contribution >= 0.6 is 0 Å². The first-order valence-corrected chi connectivity index (χ1v) is 4.17. The molecule has 1 heterocycles. The summed E-state index contributed by atoms with van der Waals surface area (Å²) in [5.74, 6) is 4.75. The average molecular weight is 209 g/mol. The van der Waals surface area contributed by atoms with Crippen LogP contribution in [-0.2, 0) is 4.79 Å². The van der Waals surface area contributed by atoms with Crippen molar-refractivity contribution in [2.45, 2.75) is 0 Å². The van der Waals surface area contributed by atoms with Crippen molar-refractivity contribution in [3.05, 3.63) is 24.4 Å². The lowest BCUT2D eigenvalue weighted by atomic mass is 10.5. The van der Waals surface area contributed by atoms with E-state index in [2.05, 4.69) is 15.6 Å². The molecule has 0 aromatic carbocycles. The van der Waals surface area contributed by atoms with E-state index < -0.39 is 11.9 Å². The van der Waals surface area contributed by atoms with Crippen molar-refractivity contribution >= 4 is 17.8 Å². The quantitative estimate of drug-likeness (QED) is 0.296. The van der Waals surface area contributed by atoms with E-state index in [1.54, 1.807) is 24.4 Å². The van der Waals surface area contributed by atoms with E-state index in [1.807, 2.05) is 5.43 Å². The molecule has 0 spiro atoms. The van der Waals surface area contributed by atoms with Gasteiger partial charge in [-0.2, -0.15) is 0 Å². The molecule has 0 saturated carbocycles. The molecule has 1 aromatic rings. The van der Waals surface area contributed by atoms with Crippen molar-refractivity contribution < 1.29 is 9.59 Å². The smallest absolute Gasteiger partial charge is 0.320 e. The zero-order valence-corrected chi connectivity index (χ0v) is 7.86. The van der Waals surface area contributed by atoms with Crippen LogP contribution in [0.15, 0.2) is 24.4 Å². The highest BCUT2D eigenvalue weighted by Gasteiger charge is 2.03. The number of anilines is 1. The molecular weight excluding hydrogens is 198 g/mol. The van der Waals surface area contributed by atoms with Gasteiger partial charge < -0.3 is 5.32 Å². The highest BCUT2D eigenvalue weighted by molar-refractivity contribution is 5.91. The summed E-state index contributed by atoms with van der Waals surface area (Å²) in [7, 11) is 0. The Hall–Kier alpha value is -2.15. The van der Waals surface area contributed by atoms with Crippen LogP contribution in [0.25, 0.3) is 0 Å². The van der Waals surface area contributed by atoms with E-state index in [1.165, 1.54) is 0 Å². The number of nitrogens with one attached hydrogen (secondary N) is 3. The van der Waals surface area contributed by atoms with Crippen molar-refractivity contribution in [1.29, 1.82) is 0 Å². The van der Waals surface area contributed by atoms with Gasteiger partial charge in [0.15, 0.2) is 0 Å². The fourth-order valence-corrected chi connectivity index (χ4v) is 0.809. The maximum Gasteiger partial charge on any atom is 0.320 e. The second-order valence-electron chi connectivity index (χ2n) is 2.59. The molecule has 1 rings (SSSR count). The molecule has 1 aromatic heterocycles. The van der Waals surface area contributed by atoms with Gasteiger partial charge in [0.25, 0.3) is 5.91 Å². The van der Waals surface area contributed by atoms with Gasteiger partial charge in [-0.05, 0) is 12.1 Å². The molecule has 7 heteroatoms. The maximum atomic E-state index is 11.1. The number of amides is 3. The topological polar surface area (TPSA) is 109 Å². The van der Waals surface area contributed by atoms with E-state index >= 15 is 0 Å². The fourth-order valence-electron chi connectivity index (χ4n) is 0.809. The molecule has 0 aliphatic heterocycles. The molecule has 0 radical (unpaired) electrons. The lowest BCUT2D eigenvalue weighted by Gasteiger charge is -2.05. The Morgan fingerprint density at radius 3 is 2.80 bits per heavy atom. The Morgan fingerprint density at radius 1 is 1.40 bits per heavy atom. The maximum absolute atomic E-state index is 11.1. The number of hydrogen-bond acceptors (Lipinski definition) is 4. The van der Waals surface area contributed by atoms with Gasteiger partial charge in [-0.1, -0.05) is 6.07 Å². The summed E-state index contributed by atoms with van der Waals surface area (Å²) < 4.78 is 0. The van der Waals surface area contributed by atoms with Crippen LogP contribution in [0, 0.1) is 0 Å². The Labute approximate surface area is 86.0 Å². The monoisotopic (exact) mass is 209 g/mol. The molecule has 15 heavy (non-hydrogen) atoms. The van der Waals surface area contributed by atoms with Gasteiger partial charge in [-0.25, -0.2) is 15.6 Å². The molecule has 7 nitrogen and oxygen atoms in total. The third-order valence-electron chi connectivity index (χ3n) is 1.48. The summed E-state index contributed by atoms with van der Waals surface area (Å²) in [5.41, 5.74) is 1.89. The van der Waals surface area contributed by atoms with Gasteiger partial charge in [-0.3, -0.25) is 15.5 Å². The van der Waals surface area contributed by atoms with E-state index in [-0.39, 0.29) is 6.54 Å². The first kappa shape index (κ1) is 10.9. The minimum atomic E-state index is -0.516. The highest BCUT2D eigenvalue weighted by atomic mass is 16.2. The number of hydrogen-bond donors (Lipinski definition) is 4. The normalized spacial score (nSPS) is 9.13. The predicted molar refractivity (Wildman–Crippen MR) is 53.6 cm³/mol. The minimum Gasteiger partial charge on any atom is -0.329 e. The number of urea groups is 1. The van der Waals surface area contributed by atoms with E-state index in [0.717, 1.165) is 0 Å². The van der Waals surface area contributed by atoms with Gasteiger partial charge in [-0.15, -0.1) is 0 Å². The van der Waals surface area contributed by atoms with Crippen LogP contribution in [0.1, 0.15) is 0 Å². The number of rotatable bonds is 3. The van der Waals surface area contributed by atoms with Crippen LogP contribution in [-0.4, -0.2) is 23.5 Å². The zero-order chi connectivity index (χ0) is 11.1. The second-order valence-corrected chi connectivity index (χ2v) is 2.59. The molecule has 0 aliphatic carbocycles. The molecular formula is C8H11N5O2. The Bertz CT molecular complexity index is 340. The van der Waals surface area contributed by atoms with Gasteiger partial charge in [0.2, 0.25) is 0 Å². The number of carbonyl (C=O) groups is 2. The first-order valence-electron chi connectivity index (χ1n) is 4.17. The Balaban J connectivity index is 2.34. The SMILES string of the molecule is NNC(=O)CNC(=O)Nc1ccccn1. The van der Waals surface area contributed by atoms with E-state index in [4.69, 9.17) is 5.84 Å². The van der Waals surface area contributed by atoms with Crippen molar-refractivity contribution in [2.75, 3.05) is 11.9 Å². The number of pyridine rings is 1. The summed E-state index contributed by atoms with van der Waals surface area (Å²) in [6.07, 6.45) is 1.54. The highest BCUT2D eigenvalue weighted by Crippen LogP contribution is 1.98. The number of nitrogens with two attached hydrogens (primary N) is 1. The zero-order valence-electron chi connectivity index (χ0n) is 7.86. The summed E-state index contributed by atoms with van der Waals surface area (Å²) in [5, 5.41) is 4.74. The van der Waals surface area contributed by atoms with Crippen LogP contribution in [0.3, 0.4) is 0 Å². The van der Waals surface area contributed by atoms with Gasteiger partial charge in [0, 0.05) is 6.20 Å². The number of aromatic nitrogens is 1. The largest absolute Gasteiger partial charge is 0.329 e. The fraction of sp³-hybridized carbons (Fsp3) is 0.125. The third kappa shape index (κ3) is 4.05. The molecule has 3 amide bonds. The Morgan fingerprint density at radius 2 is 2.20 bits per heavy atom. The molecule has 0 saturated heterocycles. The standard InChI is InChI=1S/C8H11N5O2/c9-13-7(14)5-11-8(15)12-6-3-1-2-4-10-6/h1-4H,5,9H2,(H,13,14)(H2,10,11,12,15). The molecule has 0 unspecified atom stereocenters. The van der Waals surface area contributed by atoms with Crippen molar-refractivity contribution in [2.24, 2.45) is 5.84 Å². The van der Waals surface area contributed by atoms with Gasteiger partial charge in [0.05, 0.1) is 6.54 Å². The third-order valence-corrected chi connectivity index (χ3v) is 1.48. The minimum absolute atomic E-state index is 0.185. The molecule has 0 bridgehead atoms. The molecule has 0 fully saturated rings. The lowest BCUT2D eigenvalue weighted by molar-refractivity contribution is -0.120. The molecule has 80 valence electrons. The number of carbonyl (C=O) groups excluding carboxylic acids is 2. The summed E-state index contributed by atoms with van der Waals surface area (Å²) in [6.45, 7) is -0.185. The summed E-state index contributed by atoms with van der Waals surface area (Å²) >= 11 is 0. The summed E-state index contributed by atoms with van der Waals surface area (Å²) in [6, 6.07) is 4.57. The number of nitrogens with zero attached hydrogens (tertiary/aromatic N) is 1. The van der Waals surface area contributed by atoms with Crippen molar-refractivity contribution in [1.82, 2.24) is 15.7 Å². The van der Waals surface area contributed by atoms with Crippen LogP contribution in [0.4, 0.5) is 10.6 Å². The van der Waals surface area contributed by atoms with Gasteiger partial charge in [0.1, 0.15) is 5.82 Å². The molecule has 5 N–H and O–H groups in total. The van der Waals surface area contributed by atoms with Crippen molar-refractivity contribution in [3.8, 4) is 0 Å². The van der Waals surface area contributed by atoms with E-state index in [9.17, 15) is 9.59 Å². The number of hydrazine groups is 1.